The summed E-state index contributed by atoms with van der Waals surface area (Å²) in [7, 11) is 3.59. The molecule has 0 bridgehead atoms. The van der Waals surface area contributed by atoms with Gasteiger partial charge in [0, 0.05) is 24.5 Å². The molecule has 0 aliphatic rings. The van der Waals surface area contributed by atoms with Crippen molar-refractivity contribution in [1.29, 1.82) is 0 Å². The number of pyridine rings is 1. The second-order valence-corrected chi connectivity index (χ2v) is 3.09. The van der Waals surface area contributed by atoms with Crippen molar-refractivity contribution in [2.75, 3.05) is 14.2 Å². The van der Waals surface area contributed by atoms with Crippen molar-refractivity contribution in [2.45, 2.75) is 6.54 Å². The molecule has 0 atom stereocenters. The van der Waals surface area contributed by atoms with E-state index >= 15 is 0 Å². The van der Waals surface area contributed by atoms with Gasteiger partial charge in [-0.1, -0.05) is 0 Å². The number of fused-ring (bicyclic) bond motifs is 1. The molecule has 0 spiro atoms. The lowest BCUT2D eigenvalue weighted by atomic mass is 10.2. The van der Waals surface area contributed by atoms with Gasteiger partial charge in [0.15, 0.2) is 0 Å². The fourth-order valence-electron chi connectivity index (χ4n) is 1.49. The molecule has 1 N–H and O–H groups in total. The maximum Gasteiger partial charge on any atom is 0.140 e. The Labute approximate surface area is 82.5 Å². The normalized spacial score (nSPS) is 10.7. The highest BCUT2D eigenvalue weighted by Gasteiger charge is 2.04. The number of rotatable bonds is 3. The number of hydrogen-bond acceptors (Lipinski definition) is 3. The van der Waals surface area contributed by atoms with Gasteiger partial charge in [0.1, 0.15) is 11.4 Å². The van der Waals surface area contributed by atoms with E-state index in [1.807, 2.05) is 29.9 Å². The van der Waals surface area contributed by atoms with Crippen LogP contribution in [0, 0.1) is 0 Å². The topological polar surface area (TPSA) is 38.6 Å². The molecule has 0 saturated heterocycles. The molecular weight excluding hydrogens is 178 g/mol. The van der Waals surface area contributed by atoms with Crippen molar-refractivity contribution < 1.29 is 4.74 Å². The molecule has 0 aliphatic carbocycles. The smallest absolute Gasteiger partial charge is 0.140 e. The van der Waals surface area contributed by atoms with Gasteiger partial charge in [0.2, 0.25) is 0 Å². The van der Waals surface area contributed by atoms with Gasteiger partial charge in [-0.05, 0) is 13.1 Å². The quantitative estimate of drug-likeness (QED) is 0.788. The number of imidazole rings is 1. The minimum Gasteiger partial charge on any atom is -0.495 e. The van der Waals surface area contributed by atoms with Crippen LogP contribution < -0.4 is 10.1 Å². The van der Waals surface area contributed by atoms with Gasteiger partial charge < -0.3 is 14.5 Å². The molecule has 0 fully saturated rings. The average molecular weight is 191 g/mol. The predicted octanol–water partition coefficient (Wildman–Crippen LogP) is 1.06. The third-order valence-electron chi connectivity index (χ3n) is 2.16. The summed E-state index contributed by atoms with van der Waals surface area (Å²) < 4.78 is 7.23. The lowest BCUT2D eigenvalue weighted by Crippen LogP contribution is -2.07. The van der Waals surface area contributed by atoms with E-state index in [9.17, 15) is 0 Å². The zero-order valence-electron chi connectivity index (χ0n) is 8.32. The van der Waals surface area contributed by atoms with Crippen molar-refractivity contribution >= 4 is 5.65 Å². The Kier molecular flexibility index (Phi) is 2.37. The monoisotopic (exact) mass is 191 g/mol. The summed E-state index contributed by atoms with van der Waals surface area (Å²) in [5.74, 6) is 0.879. The molecule has 0 unspecified atom stereocenters. The van der Waals surface area contributed by atoms with Gasteiger partial charge in [-0.15, -0.1) is 0 Å². The van der Waals surface area contributed by atoms with Gasteiger partial charge >= 0.3 is 0 Å². The van der Waals surface area contributed by atoms with Gasteiger partial charge in [0.05, 0.1) is 13.3 Å². The maximum absolute atomic E-state index is 5.29. The second-order valence-electron chi connectivity index (χ2n) is 3.09. The molecule has 4 heteroatoms. The van der Waals surface area contributed by atoms with Crippen molar-refractivity contribution in [3.8, 4) is 5.75 Å². The highest BCUT2D eigenvalue weighted by molar-refractivity contribution is 5.47. The zero-order chi connectivity index (χ0) is 9.97. The molecule has 0 radical (unpaired) electrons. The maximum atomic E-state index is 5.29. The van der Waals surface area contributed by atoms with E-state index in [2.05, 4.69) is 10.3 Å². The molecule has 2 aromatic rings. The predicted molar refractivity (Wildman–Crippen MR) is 54.5 cm³/mol. The van der Waals surface area contributed by atoms with Crippen LogP contribution in [0.5, 0.6) is 5.75 Å². The largest absolute Gasteiger partial charge is 0.495 e. The summed E-state index contributed by atoms with van der Waals surface area (Å²) in [4.78, 5) is 4.22. The Balaban J connectivity index is 2.54. The van der Waals surface area contributed by atoms with E-state index in [1.165, 1.54) is 0 Å². The van der Waals surface area contributed by atoms with Gasteiger partial charge in [-0.3, -0.25) is 0 Å². The summed E-state index contributed by atoms with van der Waals surface area (Å²) in [5, 5.41) is 3.10. The second kappa shape index (κ2) is 3.67. The van der Waals surface area contributed by atoms with Crippen LogP contribution in [0.25, 0.3) is 5.65 Å². The summed E-state index contributed by atoms with van der Waals surface area (Å²) in [5.41, 5.74) is 2.06. The van der Waals surface area contributed by atoms with E-state index in [0.717, 1.165) is 23.5 Å². The Hall–Kier alpha value is -1.55. The van der Waals surface area contributed by atoms with Crippen LogP contribution >= 0.6 is 0 Å². The molecule has 2 heterocycles. The van der Waals surface area contributed by atoms with Crippen molar-refractivity contribution in [1.82, 2.24) is 14.7 Å². The summed E-state index contributed by atoms with van der Waals surface area (Å²) in [6.07, 6.45) is 5.62. The first-order chi connectivity index (χ1) is 6.85. The van der Waals surface area contributed by atoms with Crippen molar-refractivity contribution in [2.24, 2.45) is 0 Å². The molecule has 0 amide bonds. The van der Waals surface area contributed by atoms with E-state index < -0.39 is 0 Å². The van der Waals surface area contributed by atoms with E-state index in [0.29, 0.717) is 0 Å². The SMILES string of the molecule is CNCc1cc2nccn2cc1OC. The molecule has 4 nitrogen and oxygen atoms in total. The summed E-state index contributed by atoms with van der Waals surface area (Å²) >= 11 is 0. The molecule has 0 saturated carbocycles. The Morgan fingerprint density at radius 3 is 3.14 bits per heavy atom. The zero-order valence-corrected chi connectivity index (χ0v) is 8.32. The molecule has 74 valence electrons. The van der Waals surface area contributed by atoms with Gasteiger partial charge in [0.25, 0.3) is 0 Å². The number of aromatic nitrogens is 2. The minimum atomic E-state index is 0.784. The standard InChI is InChI=1S/C10H13N3O/c1-11-6-8-5-10-12-3-4-13(10)7-9(8)14-2/h3-5,7,11H,6H2,1-2H3. The summed E-state index contributed by atoms with van der Waals surface area (Å²) in [6.45, 7) is 0.784. The number of methoxy groups -OCH3 is 1. The first kappa shape index (κ1) is 9.02. The molecule has 0 aromatic carbocycles. The van der Waals surface area contributed by atoms with E-state index in [-0.39, 0.29) is 0 Å². The molecule has 2 rings (SSSR count). The van der Waals surface area contributed by atoms with Crippen LogP contribution in [0.3, 0.4) is 0 Å². The first-order valence-corrected chi connectivity index (χ1v) is 4.49. The molecular formula is C10H13N3O. The van der Waals surface area contributed by atoms with Crippen LogP contribution in [0.4, 0.5) is 0 Å². The Bertz CT molecular complexity index is 436. The Morgan fingerprint density at radius 2 is 2.43 bits per heavy atom. The Morgan fingerprint density at radius 1 is 1.57 bits per heavy atom. The van der Waals surface area contributed by atoms with Crippen molar-refractivity contribution in [3.63, 3.8) is 0 Å². The van der Waals surface area contributed by atoms with Gasteiger partial charge in [-0.2, -0.15) is 0 Å². The van der Waals surface area contributed by atoms with Gasteiger partial charge in [-0.25, -0.2) is 4.98 Å². The molecule has 14 heavy (non-hydrogen) atoms. The highest BCUT2D eigenvalue weighted by Crippen LogP contribution is 2.19. The molecule has 0 aliphatic heterocycles. The van der Waals surface area contributed by atoms with Crippen LogP contribution in [0.1, 0.15) is 5.56 Å². The van der Waals surface area contributed by atoms with E-state index in [4.69, 9.17) is 4.74 Å². The third-order valence-corrected chi connectivity index (χ3v) is 2.16. The summed E-state index contributed by atoms with van der Waals surface area (Å²) in [6, 6.07) is 2.02. The molecule has 2 aromatic heterocycles. The lowest BCUT2D eigenvalue weighted by Gasteiger charge is -2.08. The van der Waals surface area contributed by atoms with Crippen LogP contribution in [-0.4, -0.2) is 23.5 Å². The first-order valence-electron chi connectivity index (χ1n) is 4.49. The average Bonchev–Trinajstić information content (AvgIpc) is 2.64. The van der Waals surface area contributed by atoms with Crippen molar-refractivity contribution in [3.05, 3.63) is 30.2 Å². The number of ether oxygens (including phenoxy) is 1. The number of nitrogens with zero attached hydrogens (tertiary/aromatic N) is 2. The fourth-order valence-corrected chi connectivity index (χ4v) is 1.49. The number of hydrogen-bond donors (Lipinski definition) is 1. The fraction of sp³-hybridized carbons (Fsp3) is 0.300. The van der Waals surface area contributed by atoms with Crippen LogP contribution in [0.15, 0.2) is 24.7 Å². The van der Waals surface area contributed by atoms with Crippen LogP contribution in [-0.2, 0) is 6.54 Å². The van der Waals surface area contributed by atoms with E-state index in [1.54, 1.807) is 13.3 Å². The van der Waals surface area contributed by atoms with Crippen LogP contribution in [0.2, 0.25) is 0 Å². The lowest BCUT2D eigenvalue weighted by molar-refractivity contribution is 0.406. The third kappa shape index (κ3) is 1.44. The minimum absolute atomic E-state index is 0.784. The number of nitrogens with one attached hydrogen (secondary N) is 1. The highest BCUT2D eigenvalue weighted by atomic mass is 16.5.